The van der Waals surface area contributed by atoms with E-state index in [1.165, 1.54) is 12.1 Å². The number of aromatic nitrogens is 4. The summed E-state index contributed by atoms with van der Waals surface area (Å²) in [5, 5.41) is 13.3. The van der Waals surface area contributed by atoms with E-state index < -0.39 is 5.82 Å². The van der Waals surface area contributed by atoms with Gasteiger partial charge in [0.05, 0.1) is 12.1 Å². The number of nitrogens with zero attached hydrogens (tertiary/aromatic N) is 6. The summed E-state index contributed by atoms with van der Waals surface area (Å²) in [6, 6.07) is 10.2. The zero-order chi connectivity index (χ0) is 21.3. The number of halogens is 2. The van der Waals surface area contributed by atoms with Gasteiger partial charge in [-0.15, -0.1) is 10.2 Å². The van der Waals surface area contributed by atoms with Crippen molar-refractivity contribution in [3.05, 3.63) is 64.2 Å². The highest BCUT2D eigenvalue weighted by molar-refractivity contribution is 6.31. The average Bonchev–Trinajstić information content (AvgIpc) is 3.09. The maximum Gasteiger partial charge on any atom is 0.227 e. The molecule has 0 radical (unpaired) electrons. The van der Waals surface area contributed by atoms with Gasteiger partial charge in [0.15, 0.2) is 11.6 Å². The molecule has 156 valence electrons. The van der Waals surface area contributed by atoms with E-state index in [-0.39, 0.29) is 22.9 Å². The fraction of sp³-hybridized carbons (Fsp3) is 0.333. The lowest BCUT2D eigenvalue weighted by Gasteiger charge is -2.35. The van der Waals surface area contributed by atoms with Crippen molar-refractivity contribution in [2.75, 3.05) is 31.1 Å². The Kier molecular flexibility index (Phi) is 5.67. The van der Waals surface area contributed by atoms with Gasteiger partial charge in [-0.05, 0) is 44.2 Å². The maximum absolute atomic E-state index is 14.0. The standard InChI is InChI=1S/C21H22ClFN6O/c1-14-12-15(2)29(26-14)20-7-6-19(24-25-20)27-8-10-28(11-9-27)21(30)13-16-17(22)4-3-5-18(16)23/h3-7,12H,8-11,13H2,1-2H3. The van der Waals surface area contributed by atoms with Crippen LogP contribution >= 0.6 is 11.6 Å². The Bertz CT molecular complexity index is 1040. The minimum absolute atomic E-state index is 0.0390. The molecular weight excluding hydrogens is 407 g/mol. The molecule has 1 saturated heterocycles. The Labute approximate surface area is 179 Å². The Morgan fingerprint density at radius 2 is 1.77 bits per heavy atom. The molecule has 1 fully saturated rings. The van der Waals surface area contributed by atoms with Crippen LogP contribution in [0.3, 0.4) is 0 Å². The molecule has 1 aliphatic heterocycles. The molecule has 0 spiro atoms. The first-order valence-electron chi connectivity index (χ1n) is 9.75. The van der Waals surface area contributed by atoms with Gasteiger partial charge in [-0.25, -0.2) is 9.07 Å². The molecule has 0 bridgehead atoms. The molecule has 0 N–H and O–H groups in total. The van der Waals surface area contributed by atoms with Crippen molar-refractivity contribution in [2.45, 2.75) is 20.3 Å². The summed E-state index contributed by atoms with van der Waals surface area (Å²) in [6.07, 6.45) is -0.0390. The SMILES string of the molecule is Cc1cc(C)n(-c2ccc(N3CCN(C(=O)Cc4c(F)cccc4Cl)CC3)nn2)n1. The fourth-order valence-electron chi connectivity index (χ4n) is 3.61. The second-order valence-electron chi connectivity index (χ2n) is 7.33. The van der Waals surface area contributed by atoms with Gasteiger partial charge in [0, 0.05) is 42.5 Å². The smallest absolute Gasteiger partial charge is 0.227 e. The first kappa shape index (κ1) is 20.3. The third-order valence-corrected chi connectivity index (χ3v) is 5.56. The number of anilines is 1. The molecule has 1 aromatic carbocycles. The molecule has 2 aromatic heterocycles. The number of aryl methyl sites for hydroxylation is 2. The normalized spacial score (nSPS) is 14.3. The van der Waals surface area contributed by atoms with E-state index in [9.17, 15) is 9.18 Å². The highest BCUT2D eigenvalue weighted by Crippen LogP contribution is 2.21. The van der Waals surface area contributed by atoms with Crippen LogP contribution in [-0.4, -0.2) is 57.0 Å². The first-order chi connectivity index (χ1) is 14.4. The Hall–Kier alpha value is -3.00. The number of hydrogen-bond acceptors (Lipinski definition) is 5. The summed E-state index contributed by atoms with van der Waals surface area (Å²) < 4.78 is 15.7. The quantitative estimate of drug-likeness (QED) is 0.639. The third kappa shape index (κ3) is 4.14. The van der Waals surface area contributed by atoms with Crippen LogP contribution in [-0.2, 0) is 11.2 Å². The maximum atomic E-state index is 14.0. The highest BCUT2D eigenvalue weighted by atomic mass is 35.5. The molecular formula is C21H22ClFN6O. The monoisotopic (exact) mass is 428 g/mol. The van der Waals surface area contributed by atoms with Crippen LogP contribution < -0.4 is 4.90 Å². The van der Waals surface area contributed by atoms with Crippen molar-refractivity contribution < 1.29 is 9.18 Å². The van der Waals surface area contributed by atoms with Gasteiger partial charge in [0.1, 0.15) is 5.82 Å². The number of piperazine rings is 1. The third-order valence-electron chi connectivity index (χ3n) is 5.21. The second-order valence-corrected chi connectivity index (χ2v) is 7.74. The van der Waals surface area contributed by atoms with E-state index in [1.54, 1.807) is 15.6 Å². The number of hydrogen-bond donors (Lipinski definition) is 0. The van der Waals surface area contributed by atoms with E-state index >= 15 is 0 Å². The van der Waals surface area contributed by atoms with E-state index in [4.69, 9.17) is 11.6 Å². The molecule has 3 heterocycles. The van der Waals surface area contributed by atoms with Crippen molar-refractivity contribution in [3.63, 3.8) is 0 Å². The van der Waals surface area contributed by atoms with E-state index in [0.29, 0.717) is 32.0 Å². The summed E-state index contributed by atoms with van der Waals surface area (Å²) in [7, 11) is 0. The Balaban J connectivity index is 1.37. The number of rotatable bonds is 4. The van der Waals surface area contributed by atoms with Crippen LogP contribution in [0.2, 0.25) is 5.02 Å². The molecule has 30 heavy (non-hydrogen) atoms. The van der Waals surface area contributed by atoms with Gasteiger partial charge in [-0.3, -0.25) is 4.79 Å². The largest absolute Gasteiger partial charge is 0.352 e. The van der Waals surface area contributed by atoms with Gasteiger partial charge in [0.2, 0.25) is 5.91 Å². The van der Waals surface area contributed by atoms with Crippen LogP contribution in [0.1, 0.15) is 17.0 Å². The van der Waals surface area contributed by atoms with Gasteiger partial charge >= 0.3 is 0 Å². The molecule has 7 nitrogen and oxygen atoms in total. The first-order valence-corrected chi connectivity index (χ1v) is 10.1. The molecule has 0 atom stereocenters. The lowest BCUT2D eigenvalue weighted by Crippen LogP contribution is -2.49. The second kappa shape index (κ2) is 8.39. The lowest BCUT2D eigenvalue weighted by molar-refractivity contribution is -0.130. The zero-order valence-corrected chi connectivity index (χ0v) is 17.6. The molecule has 1 amide bonds. The number of benzene rings is 1. The predicted molar refractivity (Wildman–Crippen MR) is 113 cm³/mol. The van der Waals surface area contributed by atoms with E-state index in [2.05, 4.69) is 20.2 Å². The van der Waals surface area contributed by atoms with Gasteiger partial charge in [-0.2, -0.15) is 5.10 Å². The molecule has 9 heteroatoms. The molecule has 3 aromatic rings. The molecule has 1 aliphatic rings. The molecule has 0 unspecified atom stereocenters. The molecule has 0 aliphatic carbocycles. The summed E-state index contributed by atoms with van der Waals surface area (Å²) >= 11 is 6.04. The predicted octanol–water partition coefficient (Wildman–Crippen LogP) is 2.96. The molecule has 0 saturated carbocycles. The Morgan fingerprint density at radius 1 is 1.07 bits per heavy atom. The van der Waals surface area contributed by atoms with E-state index in [0.717, 1.165) is 17.2 Å². The number of carbonyl (C=O) groups is 1. The average molecular weight is 429 g/mol. The van der Waals surface area contributed by atoms with Crippen molar-refractivity contribution in [1.29, 1.82) is 0 Å². The van der Waals surface area contributed by atoms with Crippen molar-refractivity contribution in [2.24, 2.45) is 0 Å². The van der Waals surface area contributed by atoms with Crippen LogP contribution in [0.5, 0.6) is 0 Å². The highest BCUT2D eigenvalue weighted by Gasteiger charge is 2.24. The molecule has 4 rings (SSSR count). The van der Waals surface area contributed by atoms with Gasteiger partial charge in [0.25, 0.3) is 0 Å². The summed E-state index contributed by atoms with van der Waals surface area (Å²) in [5.41, 5.74) is 2.17. The van der Waals surface area contributed by atoms with Crippen LogP contribution in [0.15, 0.2) is 36.4 Å². The van der Waals surface area contributed by atoms with Crippen LogP contribution in [0, 0.1) is 19.7 Å². The lowest BCUT2D eigenvalue weighted by atomic mass is 10.1. The minimum atomic E-state index is -0.451. The summed E-state index contributed by atoms with van der Waals surface area (Å²) in [6.45, 7) is 6.24. The fourth-order valence-corrected chi connectivity index (χ4v) is 3.84. The van der Waals surface area contributed by atoms with Crippen LogP contribution in [0.25, 0.3) is 5.82 Å². The topological polar surface area (TPSA) is 67.2 Å². The zero-order valence-electron chi connectivity index (χ0n) is 16.8. The Morgan fingerprint density at radius 3 is 2.37 bits per heavy atom. The van der Waals surface area contributed by atoms with Gasteiger partial charge < -0.3 is 9.80 Å². The van der Waals surface area contributed by atoms with Crippen molar-refractivity contribution in [1.82, 2.24) is 24.9 Å². The minimum Gasteiger partial charge on any atom is -0.352 e. The number of carbonyl (C=O) groups excluding carboxylic acids is 1. The summed E-state index contributed by atoms with van der Waals surface area (Å²) in [4.78, 5) is 16.4. The number of amides is 1. The summed E-state index contributed by atoms with van der Waals surface area (Å²) in [5.74, 6) is 0.838. The van der Waals surface area contributed by atoms with Crippen LogP contribution in [0.4, 0.5) is 10.2 Å². The van der Waals surface area contributed by atoms with E-state index in [1.807, 2.05) is 32.0 Å². The van der Waals surface area contributed by atoms with Gasteiger partial charge in [-0.1, -0.05) is 17.7 Å². The van der Waals surface area contributed by atoms with Crippen molar-refractivity contribution in [3.8, 4) is 5.82 Å². The van der Waals surface area contributed by atoms with Crippen molar-refractivity contribution >= 4 is 23.3 Å².